The van der Waals surface area contributed by atoms with Gasteiger partial charge in [0.25, 0.3) is 0 Å². The van der Waals surface area contributed by atoms with Gasteiger partial charge in [-0.1, -0.05) is 0 Å². The molecule has 0 aliphatic heterocycles. The number of carboxylic acids is 1. The number of carboxylic acid groups (broad SMARTS) is 1. The van der Waals surface area contributed by atoms with E-state index in [1.54, 1.807) is 26.0 Å². The third-order valence-corrected chi connectivity index (χ3v) is 2.48. The van der Waals surface area contributed by atoms with Gasteiger partial charge in [0, 0.05) is 10.2 Å². The zero-order valence-electron chi connectivity index (χ0n) is 9.36. The van der Waals surface area contributed by atoms with Crippen molar-refractivity contribution in [1.29, 1.82) is 0 Å². The van der Waals surface area contributed by atoms with Crippen molar-refractivity contribution in [2.45, 2.75) is 20.0 Å². The van der Waals surface area contributed by atoms with Crippen LogP contribution in [0.1, 0.15) is 24.2 Å². The second-order valence-electron chi connectivity index (χ2n) is 3.58. The first kappa shape index (κ1) is 13.5. The first-order valence-electron chi connectivity index (χ1n) is 4.90. The second kappa shape index (κ2) is 5.67. The van der Waals surface area contributed by atoms with Crippen LogP contribution in [0.4, 0.5) is 10.5 Å². The Labute approximate surface area is 107 Å². The number of hydrogen-bond donors (Lipinski definition) is 2. The van der Waals surface area contributed by atoms with Crippen LogP contribution in [0, 0.1) is 0 Å². The molecular weight excluding hydrogens is 290 g/mol. The summed E-state index contributed by atoms with van der Waals surface area (Å²) in [6, 6.07) is 4.49. The fourth-order valence-electron chi connectivity index (χ4n) is 1.13. The van der Waals surface area contributed by atoms with Crippen molar-refractivity contribution in [1.82, 2.24) is 0 Å². The number of benzene rings is 1. The molecule has 0 atom stereocenters. The Kier molecular flexibility index (Phi) is 4.51. The molecule has 5 nitrogen and oxygen atoms in total. The van der Waals surface area contributed by atoms with Crippen LogP contribution in [0.2, 0.25) is 0 Å². The summed E-state index contributed by atoms with van der Waals surface area (Å²) in [5.41, 5.74) is 0.448. The smallest absolute Gasteiger partial charge is 0.411 e. The molecule has 0 saturated carbocycles. The van der Waals surface area contributed by atoms with Gasteiger partial charge in [0.1, 0.15) is 0 Å². The lowest BCUT2D eigenvalue weighted by Crippen LogP contribution is -2.18. The topological polar surface area (TPSA) is 75.6 Å². The highest BCUT2D eigenvalue weighted by Gasteiger charge is 2.11. The molecule has 0 saturated heterocycles. The highest BCUT2D eigenvalue weighted by Crippen LogP contribution is 2.21. The molecular formula is C11H12BrNO4. The average Bonchev–Trinajstić information content (AvgIpc) is 2.19. The highest BCUT2D eigenvalue weighted by atomic mass is 79.9. The predicted octanol–water partition coefficient (Wildman–Crippen LogP) is 3.10. The van der Waals surface area contributed by atoms with Crippen molar-refractivity contribution in [3.63, 3.8) is 0 Å². The number of rotatable bonds is 3. The van der Waals surface area contributed by atoms with Crippen LogP contribution >= 0.6 is 15.9 Å². The number of aromatic carboxylic acids is 1. The molecule has 6 heteroatoms. The number of ether oxygens (including phenoxy) is 1. The minimum atomic E-state index is -1.07. The summed E-state index contributed by atoms with van der Waals surface area (Å²) in [6.07, 6.45) is -0.844. The van der Waals surface area contributed by atoms with Gasteiger partial charge < -0.3 is 9.84 Å². The molecule has 0 radical (unpaired) electrons. The van der Waals surface area contributed by atoms with E-state index in [1.807, 2.05) is 0 Å². The van der Waals surface area contributed by atoms with E-state index in [0.29, 0.717) is 10.2 Å². The molecule has 92 valence electrons. The molecule has 17 heavy (non-hydrogen) atoms. The van der Waals surface area contributed by atoms with E-state index < -0.39 is 12.1 Å². The van der Waals surface area contributed by atoms with Crippen LogP contribution in [-0.4, -0.2) is 23.3 Å². The number of amides is 1. The maximum Gasteiger partial charge on any atom is 0.411 e. The van der Waals surface area contributed by atoms with E-state index in [4.69, 9.17) is 9.84 Å². The van der Waals surface area contributed by atoms with E-state index in [0.717, 1.165) is 0 Å². The Balaban J connectivity index is 2.82. The summed E-state index contributed by atoms with van der Waals surface area (Å²) in [7, 11) is 0. The number of hydrogen-bond acceptors (Lipinski definition) is 3. The maximum atomic E-state index is 11.3. The monoisotopic (exact) mass is 301 g/mol. The van der Waals surface area contributed by atoms with E-state index in [2.05, 4.69) is 21.2 Å². The second-order valence-corrected chi connectivity index (χ2v) is 4.43. The zero-order valence-corrected chi connectivity index (χ0v) is 10.9. The molecule has 0 bridgehead atoms. The van der Waals surface area contributed by atoms with Crippen molar-refractivity contribution in [3.05, 3.63) is 28.2 Å². The fourth-order valence-corrected chi connectivity index (χ4v) is 1.54. The number of anilines is 1. The van der Waals surface area contributed by atoms with Crippen molar-refractivity contribution < 1.29 is 19.4 Å². The van der Waals surface area contributed by atoms with Gasteiger partial charge in [-0.25, -0.2) is 9.59 Å². The van der Waals surface area contributed by atoms with Gasteiger partial charge in [0.05, 0.1) is 11.7 Å². The molecule has 1 rings (SSSR count). The number of halogens is 1. The summed E-state index contributed by atoms with van der Waals surface area (Å²) in [5.74, 6) is -1.07. The summed E-state index contributed by atoms with van der Waals surface area (Å²) in [6.45, 7) is 3.45. The van der Waals surface area contributed by atoms with Crippen LogP contribution in [0.3, 0.4) is 0 Å². The van der Waals surface area contributed by atoms with Crippen LogP contribution in [-0.2, 0) is 4.74 Å². The SMILES string of the molecule is CC(C)OC(=O)Nc1ccc(Br)c(C(=O)O)c1. The van der Waals surface area contributed by atoms with Crippen LogP contribution in [0.5, 0.6) is 0 Å². The first-order valence-corrected chi connectivity index (χ1v) is 5.70. The molecule has 0 fully saturated rings. The van der Waals surface area contributed by atoms with Gasteiger partial charge in [-0.3, -0.25) is 5.32 Å². The molecule has 0 spiro atoms. The molecule has 0 unspecified atom stereocenters. The summed E-state index contributed by atoms with van der Waals surface area (Å²) in [5, 5.41) is 11.3. The van der Waals surface area contributed by atoms with E-state index in [9.17, 15) is 9.59 Å². The minimum absolute atomic E-state index is 0.0762. The minimum Gasteiger partial charge on any atom is -0.478 e. The molecule has 1 amide bonds. The third-order valence-electron chi connectivity index (χ3n) is 1.79. The lowest BCUT2D eigenvalue weighted by Gasteiger charge is -2.10. The summed E-state index contributed by atoms with van der Waals surface area (Å²) < 4.78 is 5.33. The predicted molar refractivity (Wildman–Crippen MR) is 66.3 cm³/mol. The van der Waals surface area contributed by atoms with Crippen molar-refractivity contribution in [2.24, 2.45) is 0 Å². The van der Waals surface area contributed by atoms with E-state index in [1.165, 1.54) is 6.07 Å². The first-order chi connectivity index (χ1) is 7.90. The molecule has 0 aliphatic rings. The highest BCUT2D eigenvalue weighted by molar-refractivity contribution is 9.10. The normalized spacial score (nSPS) is 10.1. The van der Waals surface area contributed by atoms with Gasteiger partial charge in [0.2, 0.25) is 0 Å². The summed E-state index contributed by atoms with van der Waals surface area (Å²) >= 11 is 3.11. The van der Waals surface area contributed by atoms with Crippen LogP contribution in [0.25, 0.3) is 0 Å². The van der Waals surface area contributed by atoms with Crippen molar-refractivity contribution >= 4 is 33.7 Å². The molecule has 0 aromatic heterocycles. The number of carbonyl (C=O) groups is 2. The number of nitrogens with one attached hydrogen (secondary N) is 1. The Hall–Kier alpha value is -1.56. The standard InChI is InChI=1S/C11H12BrNO4/c1-6(2)17-11(16)13-7-3-4-9(12)8(5-7)10(14)15/h3-6H,1-2H3,(H,13,16)(H,14,15). The molecule has 1 aromatic carbocycles. The van der Waals surface area contributed by atoms with Crippen molar-refractivity contribution in [2.75, 3.05) is 5.32 Å². The van der Waals surface area contributed by atoms with Gasteiger partial charge in [0.15, 0.2) is 0 Å². The van der Waals surface area contributed by atoms with Gasteiger partial charge in [-0.05, 0) is 48.0 Å². The van der Waals surface area contributed by atoms with Gasteiger partial charge in [-0.2, -0.15) is 0 Å². The maximum absolute atomic E-state index is 11.3. The van der Waals surface area contributed by atoms with Crippen LogP contribution in [0.15, 0.2) is 22.7 Å². The Morgan fingerprint density at radius 1 is 1.41 bits per heavy atom. The largest absolute Gasteiger partial charge is 0.478 e. The van der Waals surface area contributed by atoms with Gasteiger partial charge in [-0.15, -0.1) is 0 Å². The van der Waals surface area contributed by atoms with Gasteiger partial charge >= 0.3 is 12.1 Å². The molecule has 0 heterocycles. The molecule has 2 N–H and O–H groups in total. The average molecular weight is 302 g/mol. The van der Waals surface area contributed by atoms with Crippen LogP contribution < -0.4 is 5.32 Å². The lowest BCUT2D eigenvalue weighted by molar-refractivity contribution is 0.0695. The fraction of sp³-hybridized carbons (Fsp3) is 0.273. The van der Waals surface area contributed by atoms with E-state index >= 15 is 0 Å². The summed E-state index contributed by atoms with van der Waals surface area (Å²) in [4.78, 5) is 22.2. The Morgan fingerprint density at radius 3 is 2.59 bits per heavy atom. The zero-order chi connectivity index (χ0) is 13.0. The molecule has 0 aliphatic carbocycles. The number of carbonyl (C=O) groups excluding carboxylic acids is 1. The Morgan fingerprint density at radius 2 is 2.06 bits per heavy atom. The third kappa shape index (κ3) is 4.07. The van der Waals surface area contributed by atoms with E-state index in [-0.39, 0.29) is 11.7 Å². The quantitative estimate of drug-likeness (QED) is 0.899. The van der Waals surface area contributed by atoms with Crippen molar-refractivity contribution in [3.8, 4) is 0 Å². The lowest BCUT2D eigenvalue weighted by atomic mass is 10.2. The Bertz CT molecular complexity index is 445. The molecule has 1 aromatic rings.